The molecule has 0 saturated heterocycles. The predicted molar refractivity (Wildman–Crippen MR) is 84.2 cm³/mol. The molecule has 0 aliphatic carbocycles. The molecule has 1 aromatic heterocycles. The largest absolute Gasteiger partial charge is 0.352 e. The number of halogens is 1. The number of nitrogens with one attached hydrogen (secondary N) is 1. The molecule has 0 radical (unpaired) electrons. The molecule has 0 aliphatic heterocycles. The number of carbonyl (C=O) groups is 1. The molecule has 0 spiro atoms. The second-order valence-corrected chi connectivity index (χ2v) is 5.01. The number of nitrogens with zero attached hydrogens (tertiary/aromatic N) is 1. The summed E-state index contributed by atoms with van der Waals surface area (Å²) >= 11 is 0. The molecule has 0 bridgehead atoms. The molecule has 1 heterocycles. The van der Waals surface area contributed by atoms with Crippen molar-refractivity contribution in [3.05, 3.63) is 77.7 Å². The van der Waals surface area contributed by atoms with E-state index in [0.29, 0.717) is 18.5 Å². The first-order valence-electron chi connectivity index (χ1n) is 7.10. The fourth-order valence-corrected chi connectivity index (χ4v) is 2.38. The van der Waals surface area contributed by atoms with Crippen molar-refractivity contribution in [3.63, 3.8) is 0 Å². The Kier molecular flexibility index (Phi) is 4.10. The number of aromatic nitrogens is 1. The van der Waals surface area contributed by atoms with Crippen LogP contribution in [0.2, 0.25) is 0 Å². The lowest BCUT2D eigenvalue weighted by molar-refractivity contribution is 0.0954. The number of amides is 1. The predicted octanol–water partition coefficient (Wildman–Crippen LogP) is 3.35. The minimum absolute atomic E-state index is 0.201. The zero-order valence-electron chi connectivity index (χ0n) is 11.9. The quantitative estimate of drug-likeness (QED) is 0.802. The summed E-state index contributed by atoms with van der Waals surface area (Å²) in [5, 5.41) is 3.93. The van der Waals surface area contributed by atoms with Gasteiger partial charge in [-0.3, -0.25) is 9.78 Å². The highest BCUT2D eigenvalue weighted by molar-refractivity contribution is 5.94. The smallest absolute Gasteiger partial charge is 0.251 e. The molecule has 3 rings (SSSR count). The lowest BCUT2D eigenvalue weighted by Crippen LogP contribution is -2.25. The maximum absolute atomic E-state index is 12.8. The van der Waals surface area contributed by atoms with Gasteiger partial charge in [0.25, 0.3) is 5.91 Å². The Hall–Kier alpha value is -2.75. The van der Waals surface area contributed by atoms with Crippen LogP contribution in [-0.2, 0) is 6.42 Å². The van der Waals surface area contributed by atoms with E-state index in [0.717, 1.165) is 16.5 Å². The van der Waals surface area contributed by atoms with Gasteiger partial charge in [-0.2, -0.15) is 0 Å². The summed E-state index contributed by atoms with van der Waals surface area (Å²) < 4.78 is 12.8. The molecule has 0 fully saturated rings. The van der Waals surface area contributed by atoms with Crippen molar-refractivity contribution in [1.29, 1.82) is 0 Å². The third-order valence-electron chi connectivity index (χ3n) is 3.50. The number of hydrogen-bond donors (Lipinski definition) is 1. The topological polar surface area (TPSA) is 42.0 Å². The summed E-state index contributed by atoms with van der Waals surface area (Å²) in [5.74, 6) is -0.549. The van der Waals surface area contributed by atoms with Crippen molar-refractivity contribution in [2.45, 2.75) is 6.42 Å². The molecule has 0 atom stereocenters. The van der Waals surface area contributed by atoms with Crippen molar-refractivity contribution in [2.24, 2.45) is 0 Å². The lowest BCUT2D eigenvalue weighted by atomic mass is 10.1. The number of rotatable bonds is 4. The van der Waals surface area contributed by atoms with Crippen LogP contribution in [0.5, 0.6) is 0 Å². The van der Waals surface area contributed by atoms with Gasteiger partial charge < -0.3 is 5.32 Å². The number of benzene rings is 2. The van der Waals surface area contributed by atoms with Crippen LogP contribution in [0.1, 0.15) is 15.9 Å². The zero-order valence-corrected chi connectivity index (χ0v) is 11.9. The van der Waals surface area contributed by atoms with E-state index in [4.69, 9.17) is 0 Å². The molecule has 0 aliphatic rings. The van der Waals surface area contributed by atoms with Gasteiger partial charge in [0.1, 0.15) is 5.82 Å². The average molecular weight is 294 g/mol. The van der Waals surface area contributed by atoms with Crippen LogP contribution in [0.3, 0.4) is 0 Å². The Bertz CT molecular complexity index is 794. The normalized spacial score (nSPS) is 10.6. The second-order valence-electron chi connectivity index (χ2n) is 5.01. The maximum atomic E-state index is 12.8. The van der Waals surface area contributed by atoms with Gasteiger partial charge in [-0.25, -0.2) is 4.39 Å². The Morgan fingerprint density at radius 1 is 1.05 bits per heavy atom. The van der Waals surface area contributed by atoms with Gasteiger partial charge >= 0.3 is 0 Å². The van der Waals surface area contributed by atoms with Crippen molar-refractivity contribution < 1.29 is 9.18 Å². The first kappa shape index (κ1) is 14.2. The first-order valence-corrected chi connectivity index (χ1v) is 7.10. The molecule has 110 valence electrons. The monoisotopic (exact) mass is 294 g/mol. The average Bonchev–Trinajstić information content (AvgIpc) is 2.55. The number of hydrogen-bond acceptors (Lipinski definition) is 2. The molecule has 1 N–H and O–H groups in total. The van der Waals surface area contributed by atoms with E-state index in [1.54, 1.807) is 6.20 Å². The highest BCUT2D eigenvalue weighted by atomic mass is 19.1. The van der Waals surface area contributed by atoms with E-state index in [1.165, 1.54) is 24.3 Å². The summed E-state index contributed by atoms with van der Waals surface area (Å²) in [6, 6.07) is 15.5. The molecule has 3 nitrogen and oxygen atoms in total. The van der Waals surface area contributed by atoms with E-state index in [9.17, 15) is 9.18 Å². The summed E-state index contributed by atoms with van der Waals surface area (Å²) in [6.45, 7) is 0.506. The summed E-state index contributed by atoms with van der Waals surface area (Å²) in [4.78, 5) is 16.4. The number of carbonyl (C=O) groups excluding carboxylic acids is 1. The second kappa shape index (κ2) is 6.35. The van der Waals surface area contributed by atoms with Crippen LogP contribution in [0.4, 0.5) is 4.39 Å². The molecule has 0 saturated carbocycles. The van der Waals surface area contributed by atoms with Crippen LogP contribution in [0.15, 0.2) is 60.8 Å². The molecule has 1 amide bonds. The molecular weight excluding hydrogens is 279 g/mol. The van der Waals surface area contributed by atoms with Gasteiger partial charge in [-0.15, -0.1) is 0 Å². The standard InChI is InChI=1S/C18H15FN2O/c19-16-8-6-15(7-9-16)18(22)21-12-10-14-4-1-3-13-5-2-11-20-17(13)14/h1-9,11H,10,12H2,(H,21,22). The Morgan fingerprint density at radius 3 is 2.64 bits per heavy atom. The number of pyridine rings is 1. The molecule has 22 heavy (non-hydrogen) atoms. The fourth-order valence-electron chi connectivity index (χ4n) is 2.38. The van der Waals surface area contributed by atoms with Crippen molar-refractivity contribution in [2.75, 3.05) is 6.54 Å². The fraction of sp³-hybridized carbons (Fsp3) is 0.111. The summed E-state index contributed by atoms with van der Waals surface area (Å²) in [5.41, 5.74) is 2.51. The first-order chi connectivity index (χ1) is 10.7. The highest BCUT2D eigenvalue weighted by Crippen LogP contribution is 2.16. The Balaban J connectivity index is 1.65. The Morgan fingerprint density at radius 2 is 1.82 bits per heavy atom. The van der Waals surface area contributed by atoms with Gasteiger partial charge in [-0.05, 0) is 42.3 Å². The van der Waals surface area contributed by atoms with Crippen LogP contribution in [0.25, 0.3) is 10.9 Å². The number of fused-ring (bicyclic) bond motifs is 1. The van der Waals surface area contributed by atoms with Crippen LogP contribution in [0, 0.1) is 5.82 Å². The van der Waals surface area contributed by atoms with Gasteiger partial charge in [0.2, 0.25) is 0 Å². The van der Waals surface area contributed by atoms with E-state index in [-0.39, 0.29) is 11.7 Å². The lowest BCUT2D eigenvalue weighted by Gasteiger charge is -2.07. The van der Waals surface area contributed by atoms with Crippen molar-refractivity contribution in [3.8, 4) is 0 Å². The SMILES string of the molecule is O=C(NCCc1cccc2cccnc12)c1ccc(F)cc1. The van der Waals surface area contributed by atoms with E-state index >= 15 is 0 Å². The third kappa shape index (κ3) is 3.11. The maximum Gasteiger partial charge on any atom is 0.251 e. The van der Waals surface area contributed by atoms with E-state index in [2.05, 4.69) is 10.3 Å². The minimum Gasteiger partial charge on any atom is -0.352 e. The third-order valence-corrected chi connectivity index (χ3v) is 3.50. The Labute approximate surface area is 127 Å². The van der Waals surface area contributed by atoms with Gasteiger partial charge in [0.15, 0.2) is 0 Å². The van der Waals surface area contributed by atoms with Crippen molar-refractivity contribution >= 4 is 16.8 Å². The van der Waals surface area contributed by atoms with E-state index < -0.39 is 0 Å². The summed E-state index contributed by atoms with van der Waals surface area (Å²) in [7, 11) is 0. The van der Waals surface area contributed by atoms with Crippen LogP contribution >= 0.6 is 0 Å². The molecule has 4 heteroatoms. The highest BCUT2D eigenvalue weighted by Gasteiger charge is 2.06. The minimum atomic E-state index is -0.349. The molecule has 3 aromatic rings. The number of para-hydroxylation sites is 1. The van der Waals surface area contributed by atoms with Crippen LogP contribution in [-0.4, -0.2) is 17.4 Å². The van der Waals surface area contributed by atoms with Gasteiger partial charge in [0, 0.05) is 23.7 Å². The van der Waals surface area contributed by atoms with Crippen molar-refractivity contribution in [1.82, 2.24) is 10.3 Å². The molecular formula is C18H15FN2O. The van der Waals surface area contributed by atoms with Crippen LogP contribution < -0.4 is 5.32 Å². The van der Waals surface area contributed by atoms with Gasteiger partial charge in [0.05, 0.1) is 5.52 Å². The molecule has 0 unspecified atom stereocenters. The summed E-state index contributed by atoms with van der Waals surface area (Å²) in [6.07, 6.45) is 2.46. The van der Waals surface area contributed by atoms with Gasteiger partial charge in [-0.1, -0.05) is 24.3 Å². The molecule has 2 aromatic carbocycles. The zero-order chi connectivity index (χ0) is 15.4. The van der Waals surface area contributed by atoms with E-state index in [1.807, 2.05) is 30.3 Å².